The zero-order chi connectivity index (χ0) is 7.72. The highest BCUT2D eigenvalue weighted by molar-refractivity contribution is 4.78. The maximum absolute atomic E-state index is 9.08. The van der Waals surface area contributed by atoms with Gasteiger partial charge in [-0.15, -0.1) is 0 Å². The first kappa shape index (κ1) is 7.94. The van der Waals surface area contributed by atoms with Gasteiger partial charge in [-0.25, -0.2) is 0 Å². The van der Waals surface area contributed by atoms with Gasteiger partial charge in [-0.3, -0.25) is 0 Å². The Labute approximate surface area is 59.1 Å². The number of aliphatic hydroxyl groups is 3. The fourth-order valence-electron chi connectivity index (χ4n) is 1.04. The molecule has 0 aromatic carbocycles. The van der Waals surface area contributed by atoms with Gasteiger partial charge in [-0.1, -0.05) is 0 Å². The van der Waals surface area contributed by atoms with E-state index in [1.807, 2.05) is 0 Å². The Kier molecular flexibility index (Phi) is 2.25. The van der Waals surface area contributed by atoms with Crippen LogP contribution in [0.2, 0.25) is 0 Å². The van der Waals surface area contributed by atoms with Crippen LogP contribution in [0.25, 0.3) is 0 Å². The van der Waals surface area contributed by atoms with Crippen LogP contribution in [0.5, 0.6) is 0 Å². The first-order valence-corrected chi connectivity index (χ1v) is 3.31. The molecule has 10 heavy (non-hydrogen) atoms. The van der Waals surface area contributed by atoms with Gasteiger partial charge in [0.25, 0.3) is 0 Å². The summed E-state index contributed by atoms with van der Waals surface area (Å²) in [4.78, 5) is 0. The summed E-state index contributed by atoms with van der Waals surface area (Å²) < 4.78 is 4.81. The van der Waals surface area contributed by atoms with Gasteiger partial charge in [-0.05, 0) is 6.92 Å². The predicted octanol–water partition coefficient (Wildman–Crippen LogP) is -1.16. The SMILES string of the molecule is C[C@@H]1OC(O)CC(O)C1O. The van der Waals surface area contributed by atoms with Crippen molar-refractivity contribution < 1.29 is 20.1 Å². The first-order valence-electron chi connectivity index (χ1n) is 3.31. The smallest absolute Gasteiger partial charge is 0.157 e. The molecule has 0 saturated carbocycles. The van der Waals surface area contributed by atoms with Crippen LogP contribution < -0.4 is 0 Å². The summed E-state index contributed by atoms with van der Waals surface area (Å²) >= 11 is 0. The Morgan fingerprint density at radius 1 is 1.30 bits per heavy atom. The van der Waals surface area contributed by atoms with E-state index in [0.29, 0.717) is 0 Å². The lowest BCUT2D eigenvalue weighted by molar-refractivity contribution is -0.226. The van der Waals surface area contributed by atoms with E-state index in [1.165, 1.54) is 0 Å². The topological polar surface area (TPSA) is 69.9 Å². The van der Waals surface area contributed by atoms with Crippen LogP contribution in [-0.4, -0.2) is 39.9 Å². The largest absolute Gasteiger partial charge is 0.390 e. The average molecular weight is 148 g/mol. The molecule has 0 amide bonds. The van der Waals surface area contributed by atoms with Crippen molar-refractivity contribution in [3.05, 3.63) is 0 Å². The van der Waals surface area contributed by atoms with Crippen LogP contribution >= 0.6 is 0 Å². The lowest BCUT2D eigenvalue weighted by atomic mass is 10.0. The van der Waals surface area contributed by atoms with Gasteiger partial charge in [0.05, 0.1) is 12.2 Å². The normalized spacial score (nSPS) is 49.2. The molecule has 4 atom stereocenters. The van der Waals surface area contributed by atoms with Gasteiger partial charge >= 0.3 is 0 Å². The lowest BCUT2D eigenvalue weighted by Crippen LogP contribution is -2.46. The molecular formula is C6H12O4. The van der Waals surface area contributed by atoms with Crippen molar-refractivity contribution in [1.82, 2.24) is 0 Å². The van der Waals surface area contributed by atoms with Crippen molar-refractivity contribution in [3.8, 4) is 0 Å². The van der Waals surface area contributed by atoms with Gasteiger partial charge < -0.3 is 20.1 Å². The molecule has 4 heteroatoms. The van der Waals surface area contributed by atoms with E-state index in [1.54, 1.807) is 6.92 Å². The fraction of sp³-hybridized carbons (Fsp3) is 1.00. The van der Waals surface area contributed by atoms with E-state index in [-0.39, 0.29) is 6.42 Å². The highest BCUT2D eigenvalue weighted by Gasteiger charge is 2.32. The van der Waals surface area contributed by atoms with Crippen LogP contribution in [0.4, 0.5) is 0 Å². The molecule has 1 fully saturated rings. The summed E-state index contributed by atoms with van der Waals surface area (Å²) in [5.41, 5.74) is 0. The number of hydrogen-bond donors (Lipinski definition) is 3. The third-order valence-electron chi connectivity index (χ3n) is 1.69. The predicted molar refractivity (Wildman–Crippen MR) is 33.2 cm³/mol. The number of rotatable bonds is 0. The Hall–Kier alpha value is -0.160. The van der Waals surface area contributed by atoms with E-state index in [2.05, 4.69) is 0 Å². The molecule has 60 valence electrons. The summed E-state index contributed by atoms with van der Waals surface area (Å²) in [6.07, 6.45) is -3.07. The van der Waals surface area contributed by atoms with E-state index >= 15 is 0 Å². The van der Waals surface area contributed by atoms with Crippen LogP contribution in [-0.2, 0) is 4.74 Å². The van der Waals surface area contributed by atoms with Crippen LogP contribution in [0.1, 0.15) is 13.3 Å². The molecule has 1 aliphatic rings. The zero-order valence-electron chi connectivity index (χ0n) is 5.77. The van der Waals surface area contributed by atoms with Crippen molar-refractivity contribution in [2.24, 2.45) is 0 Å². The summed E-state index contributed by atoms with van der Waals surface area (Å²) in [6, 6.07) is 0. The second kappa shape index (κ2) is 2.84. The first-order chi connectivity index (χ1) is 4.61. The maximum Gasteiger partial charge on any atom is 0.157 e. The average Bonchev–Trinajstić information content (AvgIpc) is 1.82. The van der Waals surface area contributed by atoms with Crippen LogP contribution in [0.15, 0.2) is 0 Å². The lowest BCUT2D eigenvalue weighted by Gasteiger charge is -2.32. The third-order valence-corrected chi connectivity index (χ3v) is 1.69. The molecule has 1 heterocycles. The molecule has 1 aliphatic heterocycles. The van der Waals surface area contributed by atoms with Crippen molar-refractivity contribution in [1.29, 1.82) is 0 Å². The van der Waals surface area contributed by atoms with Crippen molar-refractivity contribution in [2.75, 3.05) is 0 Å². The Morgan fingerprint density at radius 2 is 1.90 bits per heavy atom. The summed E-state index contributed by atoms with van der Waals surface area (Å²) in [5.74, 6) is 0. The minimum atomic E-state index is -0.937. The molecule has 1 saturated heterocycles. The molecule has 0 spiro atoms. The fourth-order valence-corrected chi connectivity index (χ4v) is 1.04. The quantitative estimate of drug-likeness (QED) is 0.405. The molecule has 1 rings (SSSR count). The van der Waals surface area contributed by atoms with Crippen molar-refractivity contribution in [2.45, 2.75) is 37.9 Å². The van der Waals surface area contributed by atoms with Crippen LogP contribution in [0, 0.1) is 0 Å². The van der Waals surface area contributed by atoms with Gasteiger partial charge in [0, 0.05) is 6.42 Å². The summed E-state index contributed by atoms with van der Waals surface area (Å²) in [6.45, 7) is 1.61. The van der Waals surface area contributed by atoms with Gasteiger partial charge in [-0.2, -0.15) is 0 Å². The van der Waals surface area contributed by atoms with E-state index in [0.717, 1.165) is 0 Å². The minimum absolute atomic E-state index is 0.0888. The molecule has 0 bridgehead atoms. The highest BCUT2D eigenvalue weighted by Crippen LogP contribution is 2.17. The molecule has 0 radical (unpaired) electrons. The highest BCUT2D eigenvalue weighted by atomic mass is 16.6. The van der Waals surface area contributed by atoms with E-state index in [4.69, 9.17) is 20.1 Å². The van der Waals surface area contributed by atoms with E-state index < -0.39 is 24.6 Å². The zero-order valence-corrected chi connectivity index (χ0v) is 5.77. The number of aliphatic hydroxyl groups excluding tert-OH is 3. The Balaban J connectivity index is 2.49. The second-order valence-electron chi connectivity index (χ2n) is 2.59. The molecule has 3 unspecified atom stereocenters. The molecule has 3 N–H and O–H groups in total. The molecular weight excluding hydrogens is 136 g/mol. The third kappa shape index (κ3) is 1.46. The number of ether oxygens (including phenoxy) is 1. The second-order valence-corrected chi connectivity index (χ2v) is 2.59. The van der Waals surface area contributed by atoms with Gasteiger partial charge in [0.2, 0.25) is 0 Å². The minimum Gasteiger partial charge on any atom is -0.390 e. The van der Waals surface area contributed by atoms with Crippen LogP contribution in [0.3, 0.4) is 0 Å². The maximum atomic E-state index is 9.08. The van der Waals surface area contributed by atoms with Gasteiger partial charge in [0.15, 0.2) is 6.29 Å². The molecule has 4 nitrogen and oxygen atoms in total. The van der Waals surface area contributed by atoms with Gasteiger partial charge in [0.1, 0.15) is 6.10 Å². The standard InChI is InChI=1S/C6H12O4/c1-3-6(9)4(7)2-5(8)10-3/h3-9H,2H2,1H3/t3-,4?,5?,6?/m0/s1. The molecule has 0 aromatic rings. The molecule has 0 aromatic heterocycles. The Morgan fingerprint density at radius 3 is 2.40 bits per heavy atom. The monoisotopic (exact) mass is 148 g/mol. The molecule has 0 aliphatic carbocycles. The van der Waals surface area contributed by atoms with Crippen molar-refractivity contribution >= 4 is 0 Å². The Bertz CT molecular complexity index is 104. The number of hydrogen-bond acceptors (Lipinski definition) is 4. The van der Waals surface area contributed by atoms with Crippen molar-refractivity contribution in [3.63, 3.8) is 0 Å². The van der Waals surface area contributed by atoms with E-state index in [9.17, 15) is 0 Å². The summed E-state index contributed by atoms with van der Waals surface area (Å²) in [7, 11) is 0. The summed E-state index contributed by atoms with van der Waals surface area (Å²) in [5, 5.41) is 27.0.